The van der Waals surface area contributed by atoms with Crippen LogP contribution in [-0.2, 0) is 0 Å². The molecular weight excluding hydrogens is 384 g/mol. The second-order valence-corrected chi connectivity index (χ2v) is 7.12. The molecule has 1 N–H and O–H groups in total. The summed E-state index contributed by atoms with van der Waals surface area (Å²) in [4.78, 5) is 17.1. The smallest absolute Gasteiger partial charge is 0.279 e. The van der Waals surface area contributed by atoms with Crippen molar-refractivity contribution in [2.24, 2.45) is 0 Å². The molecule has 0 atom stereocenters. The molecule has 6 nitrogen and oxygen atoms in total. The van der Waals surface area contributed by atoms with Crippen LogP contribution in [0.5, 0.6) is 5.75 Å². The van der Waals surface area contributed by atoms with Gasteiger partial charge in [0.25, 0.3) is 5.91 Å². The van der Waals surface area contributed by atoms with Crippen LogP contribution in [0.3, 0.4) is 0 Å². The lowest BCUT2D eigenvalue weighted by Crippen LogP contribution is -2.13. The molecule has 0 aliphatic rings. The Kier molecular flexibility index (Phi) is 4.55. The van der Waals surface area contributed by atoms with Crippen molar-refractivity contribution in [3.8, 4) is 17.0 Å². The van der Waals surface area contributed by atoms with E-state index in [-0.39, 0.29) is 5.69 Å². The third-order valence-corrected chi connectivity index (χ3v) is 5.18. The number of pyridine rings is 1. The normalized spacial score (nSPS) is 10.9. The molecule has 0 saturated heterocycles. The Labute approximate surface area is 164 Å². The minimum Gasteiger partial charge on any atom is -0.496 e. The summed E-state index contributed by atoms with van der Waals surface area (Å²) in [6, 6.07) is 11.3. The van der Waals surface area contributed by atoms with Gasteiger partial charge in [0.05, 0.1) is 23.3 Å². The highest BCUT2D eigenvalue weighted by Gasteiger charge is 2.19. The Morgan fingerprint density at radius 2 is 2.15 bits per heavy atom. The molecule has 0 bridgehead atoms. The lowest BCUT2D eigenvalue weighted by atomic mass is 10.1. The molecule has 0 unspecified atom stereocenters. The number of aromatic nitrogens is 3. The van der Waals surface area contributed by atoms with E-state index in [1.807, 2.05) is 42.6 Å². The van der Waals surface area contributed by atoms with Gasteiger partial charge in [0.1, 0.15) is 5.75 Å². The number of amides is 1. The zero-order chi connectivity index (χ0) is 19.0. The number of nitrogens with zero attached hydrogens (tertiary/aromatic N) is 3. The summed E-state index contributed by atoms with van der Waals surface area (Å²) in [5.74, 6) is 0.327. The molecule has 0 aliphatic carbocycles. The number of aryl methyl sites for hydroxylation is 1. The van der Waals surface area contributed by atoms with E-state index in [2.05, 4.69) is 15.4 Å². The number of benzene rings is 1. The Bertz CT molecular complexity index is 1150. The number of hydrogen-bond acceptors (Lipinski definition) is 5. The van der Waals surface area contributed by atoms with E-state index in [0.717, 1.165) is 22.6 Å². The van der Waals surface area contributed by atoms with Crippen LogP contribution in [0.15, 0.2) is 48.0 Å². The molecule has 1 amide bonds. The number of methoxy groups -OCH3 is 1. The molecule has 0 fully saturated rings. The number of thiazole rings is 1. The summed E-state index contributed by atoms with van der Waals surface area (Å²) in [6.07, 6.45) is 1.74. The number of nitrogens with one attached hydrogen (secondary N) is 1. The first kappa shape index (κ1) is 17.5. The van der Waals surface area contributed by atoms with Crippen LogP contribution >= 0.6 is 22.9 Å². The lowest BCUT2D eigenvalue weighted by Gasteiger charge is -2.07. The summed E-state index contributed by atoms with van der Waals surface area (Å²) < 4.78 is 6.98. The highest BCUT2D eigenvalue weighted by atomic mass is 35.5. The molecule has 0 radical (unpaired) electrons. The number of fused-ring (bicyclic) bond motifs is 1. The summed E-state index contributed by atoms with van der Waals surface area (Å²) >= 11 is 7.63. The van der Waals surface area contributed by atoms with Crippen molar-refractivity contribution >= 4 is 39.5 Å². The number of hydrogen-bond donors (Lipinski definition) is 1. The van der Waals surface area contributed by atoms with Crippen molar-refractivity contribution in [3.05, 3.63) is 64.3 Å². The Balaban J connectivity index is 1.62. The lowest BCUT2D eigenvalue weighted by molar-refractivity contribution is 0.102. The minimum absolute atomic E-state index is 0.160. The Morgan fingerprint density at radius 3 is 2.93 bits per heavy atom. The standard InChI is InChI=1S/C19H15ClN4O2S/c1-11-6-7-15(26-2)12(9-11)13-10-27-19(21-13)22-18(25)17-16(20)14-5-3-4-8-24(14)23-17/h3-10H,1-2H3,(H,21,22,25). The van der Waals surface area contributed by atoms with Crippen molar-refractivity contribution in [1.29, 1.82) is 0 Å². The SMILES string of the molecule is COc1ccc(C)cc1-c1csc(NC(=O)c2nn3ccccc3c2Cl)n1. The van der Waals surface area contributed by atoms with Crippen molar-refractivity contribution in [2.45, 2.75) is 6.92 Å². The molecule has 3 heterocycles. The quantitative estimate of drug-likeness (QED) is 0.542. The first-order valence-electron chi connectivity index (χ1n) is 8.11. The highest BCUT2D eigenvalue weighted by molar-refractivity contribution is 7.14. The van der Waals surface area contributed by atoms with Crippen molar-refractivity contribution < 1.29 is 9.53 Å². The van der Waals surface area contributed by atoms with Crippen LogP contribution < -0.4 is 10.1 Å². The number of anilines is 1. The molecule has 0 saturated carbocycles. The van der Waals surface area contributed by atoms with Gasteiger partial charge in [-0.25, -0.2) is 9.50 Å². The third kappa shape index (κ3) is 3.27. The van der Waals surface area contributed by atoms with Gasteiger partial charge in [-0.1, -0.05) is 29.3 Å². The van der Waals surface area contributed by atoms with Gasteiger partial charge in [-0.3, -0.25) is 10.1 Å². The van der Waals surface area contributed by atoms with Gasteiger partial charge in [0.2, 0.25) is 0 Å². The van der Waals surface area contributed by atoms with Crippen LogP contribution in [0.2, 0.25) is 5.02 Å². The molecular formula is C19H15ClN4O2S. The average Bonchev–Trinajstić information content (AvgIpc) is 3.27. The van der Waals surface area contributed by atoms with Crippen molar-refractivity contribution in [2.75, 3.05) is 12.4 Å². The second-order valence-electron chi connectivity index (χ2n) is 5.89. The predicted molar refractivity (Wildman–Crippen MR) is 107 cm³/mol. The van der Waals surface area contributed by atoms with Crippen LogP contribution in [-0.4, -0.2) is 27.6 Å². The maximum absolute atomic E-state index is 12.6. The molecule has 3 aromatic heterocycles. The maximum Gasteiger partial charge on any atom is 0.279 e. The average molecular weight is 399 g/mol. The molecule has 4 rings (SSSR count). The zero-order valence-corrected chi connectivity index (χ0v) is 16.1. The van der Waals surface area contributed by atoms with E-state index < -0.39 is 5.91 Å². The summed E-state index contributed by atoms with van der Waals surface area (Å²) in [5, 5.41) is 9.66. The second kappa shape index (κ2) is 7.02. The number of halogens is 1. The fraction of sp³-hybridized carbons (Fsp3) is 0.105. The van der Waals surface area contributed by atoms with E-state index in [0.29, 0.717) is 15.7 Å². The summed E-state index contributed by atoms with van der Waals surface area (Å²) in [5.41, 5.74) is 3.54. The largest absolute Gasteiger partial charge is 0.496 e. The van der Waals surface area contributed by atoms with Crippen molar-refractivity contribution in [1.82, 2.24) is 14.6 Å². The first-order valence-corrected chi connectivity index (χ1v) is 9.37. The number of rotatable bonds is 4. The topological polar surface area (TPSA) is 68.5 Å². The molecule has 27 heavy (non-hydrogen) atoms. The molecule has 0 spiro atoms. The first-order chi connectivity index (χ1) is 13.1. The number of ether oxygens (including phenoxy) is 1. The van der Waals surface area contributed by atoms with Gasteiger partial charge >= 0.3 is 0 Å². The van der Waals surface area contributed by atoms with Crippen LogP contribution in [0.1, 0.15) is 16.1 Å². The fourth-order valence-corrected chi connectivity index (χ4v) is 3.73. The van der Waals surface area contributed by atoms with Gasteiger partial charge in [-0.15, -0.1) is 11.3 Å². The fourth-order valence-electron chi connectivity index (χ4n) is 2.75. The van der Waals surface area contributed by atoms with E-state index in [1.165, 1.54) is 11.3 Å². The maximum atomic E-state index is 12.6. The number of carbonyl (C=O) groups excluding carboxylic acids is 1. The third-order valence-electron chi connectivity index (χ3n) is 4.05. The Morgan fingerprint density at radius 1 is 1.30 bits per heavy atom. The minimum atomic E-state index is -0.402. The van der Waals surface area contributed by atoms with Crippen LogP contribution in [0.4, 0.5) is 5.13 Å². The zero-order valence-electron chi connectivity index (χ0n) is 14.6. The molecule has 1 aromatic carbocycles. The van der Waals surface area contributed by atoms with E-state index in [9.17, 15) is 4.79 Å². The molecule has 0 aliphatic heterocycles. The van der Waals surface area contributed by atoms with Gasteiger partial charge in [0, 0.05) is 17.1 Å². The highest BCUT2D eigenvalue weighted by Crippen LogP contribution is 2.33. The summed E-state index contributed by atoms with van der Waals surface area (Å²) in [7, 11) is 1.62. The van der Waals surface area contributed by atoms with Gasteiger partial charge in [-0.2, -0.15) is 5.10 Å². The van der Waals surface area contributed by atoms with E-state index in [1.54, 1.807) is 23.9 Å². The molecule has 8 heteroatoms. The van der Waals surface area contributed by atoms with Crippen LogP contribution in [0, 0.1) is 6.92 Å². The van der Waals surface area contributed by atoms with E-state index in [4.69, 9.17) is 16.3 Å². The predicted octanol–water partition coefficient (Wildman–Crippen LogP) is 4.68. The van der Waals surface area contributed by atoms with Gasteiger partial charge in [0.15, 0.2) is 10.8 Å². The van der Waals surface area contributed by atoms with Crippen LogP contribution in [0.25, 0.3) is 16.8 Å². The Hall–Kier alpha value is -2.90. The number of carbonyl (C=O) groups is 1. The monoisotopic (exact) mass is 398 g/mol. The molecule has 136 valence electrons. The van der Waals surface area contributed by atoms with Gasteiger partial charge in [-0.05, 0) is 31.2 Å². The van der Waals surface area contributed by atoms with E-state index >= 15 is 0 Å². The summed E-state index contributed by atoms with van der Waals surface area (Å²) in [6.45, 7) is 2.00. The van der Waals surface area contributed by atoms with Gasteiger partial charge < -0.3 is 4.74 Å². The van der Waals surface area contributed by atoms with Crippen molar-refractivity contribution in [3.63, 3.8) is 0 Å². The molecule has 4 aromatic rings.